The van der Waals surface area contributed by atoms with E-state index in [1.54, 1.807) is 6.92 Å². The van der Waals surface area contributed by atoms with Crippen molar-refractivity contribution in [2.45, 2.75) is 44.6 Å². The van der Waals surface area contributed by atoms with Gasteiger partial charge in [-0.05, 0) is 74.3 Å². The van der Waals surface area contributed by atoms with Crippen LogP contribution in [-0.2, 0) is 16.1 Å². The Morgan fingerprint density at radius 2 is 1.62 bits per heavy atom. The van der Waals surface area contributed by atoms with Gasteiger partial charge in [0.1, 0.15) is 0 Å². The van der Waals surface area contributed by atoms with Gasteiger partial charge in [-0.25, -0.2) is 0 Å². The maximum Gasteiger partial charge on any atom is 0.261 e. The molecule has 1 N–H and O–H groups in total. The number of piperidine rings is 1. The normalized spacial score (nSPS) is 23.0. The molecule has 3 aliphatic heterocycles. The summed E-state index contributed by atoms with van der Waals surface area (Å²) in [6.45, 7) is 4.99. The Hall–Kier alpha value is -3.12. The first kappa shape index (κ1) is 22.7. The minimum Gasteiger partial charge on any atom is -0.340 e. The third kappa shape index (κ3) is 4.73. The molecular formula is C28H33N3O3. The zero-order chi connectivity index (χ0) is 23.5. The number of hydroxylamine groups is 1. The van der Waals surface area contributed by atoms with Gasteiger partial charge in [-0.15, -0.1) is 0 Å². The van der Waals surface area contributed by atoms with E-state index < -0.39 is 5.60 Å². The Labute approximate surface area is 201 Å². The molecule has 3 aliphatic rings. The summed E-state index contributed by atoms with van der Waals surface area (Å²) in [5.74, 6) is 0.713. The first-order valence-electron chi connectivity index (χ1n) is 12.4. The first-order valence-corrected chi connectivity index (χ1v) is 12.4. The number of hydrogen-bond donors (Lipinski definition) is 1. The van der Waals surface area contributed by atoms with Crippen molar-refractivity contribution in [1.82, 2.24) is 15.3 Å². The molecule has 0 saturated carbocycles. The molecule has 34 heavy (non-hydrogen) atoms. The SMILES string of the molecule is CC1(C(=O)N2CCCC2)C=C(c2ccc(C(=O)N3CCC(Cc4ccccc4)CC3)cc2)NO1. The summed E-state index contributed by atoms with van der Waals surface area (Å²) < 4.78 is 0. The molecule has 1 unspecified atom stereocenters. The van der Waals surface area contributed by atoms with Crippen molar-refractivity contribution >= 4 is 17.5 Å². The van der Waals surface area contributed by atoms with Crippen LogP contribution in [0.5, 0.6) is 0 Å². The predicted molar refractivity (Wildman–Crippen MR) is 132 cm³/mol. The van der Waals surface area contributed by atoms with Gasteiger partial charge in [0.05, 0.1) is 5.70 Å². The molecule has 0 aliphatic carbocycles. The molecule has 2 saturated heterocycles. The van der Waals surface area contributed by atoms with Gasteiger partial charge < -0.3 is 9.80 Å². The number of benzene rings is 2. The quantitative estimate of drug-likeness (QED) is 0.733. The van der Waals surface area contributed by atoms with Gasteiger partial charge in [0, 0.05) is 31.7 Å². The van der Waals surface area contributed by atoms with Crippen molar-refractivity contribution in [3.05, 3.63) is 77.4 Å². The van der Waals surface area contributed by atoms with Crippen molar-refractivity contribution in [3.63, 3.8) is 0 Å². The number of carbonyl (C=O) groups is 2. The van der Waals surface area contributed by atoms with Crippen molar-refractivity contribution in [2.75, 3.05) is 26.2 Å². The molecule has 5 rings (SSSR count). The van der Waals surface area contributed by atoms with Crippen LogP contribution >= 0.6 is 0 Å². The van der Waals surface area contributed by atoms with Crippen LogP contribution in [0, 0.1) is 5.92 Å². The molecule has 2 aromatic rings. The minimum absolute atomic E-state index is 0.00466. The number of nitrogens with zero attached hydrogens (tertiary/aromatic N) is 2. The average Bonchev–Trinajstić information content (AvgIpc) is 3.55. The van der Waals surface area contributed by atoms with E-state index in [0.29, 0.717) is 11.5 Å². The summed E-state index contributed by atoms with van der Waals surface area (Å²) in [5.41, 5.74) is 5.65. The molecule has 2 fully saturated rings. The highest BCUT2D eigenvalue weighted by Crippen LogP contribution is 2.29. The lowest BCUT2D eigenvalue weighted by atomic mass is 9.90. The van der Waals surface area contributed by atoms with Crippen LogP contribution < -0.4 is 5.48 Å². The van der Waals surface area contributed by atoms with Crippen molar-refractivity contribution in [3.8, 4) is 0 Å². The van der Waals surface area contributed by atoms with Crippen LogP contribution in [-0.4, -0.2) is 53.4 Å². The lowest BCUT2D eigenvalue weighted by Crippen LogP contribution is -2.46. The van der Waals surface area contributed by atoms with Gasteiger partial charge >= 0.3 is 0 Å². The van der Waals surface area contributed by atoms with Crippen molar-refractivity contribution in [1.29, 1.82) is 0 Å². The fraction of sp³-hybridized carbons (Fsp3) is 0.429. The van der Waals surface area contributed by atoms with E-state index in [1.165, 1.54) is 5.56 Å². The Morgan fingerprint density at radius 1 is 0.941 bits per heavy atom. The second-order valence-corrected chi connectivity index (χ2v) is 9.87. The number of amides is 2. The molecule has 0 spiro atoms. The minimum atomic E-state index is -1.00. The summed E-state index contributed by atoms with van der Waals surface area (Å²) in [4.78, 5) is 35.4. The van der Waals surface area contributed by atoms with Crippen LogP contribution in [0.1, 0.15) is 54.1 Å². The Kier molecular flexibility index (Phi) is 6.42. The molecule has 6 nitrogen and oxygen atoms in total. The number of rotatable bonds is 5. The van der Waals surface area contributed by atoms with E-state index in [9.17, 15) is 9.59 Å². The number of carbonyl (C=O) groups excluding carboxylic acids is 2. The average molecular weight is 460 g/mol. The number of nitrogens with one attached hydrogen (secondary N) is 1. The maximum atomic E-state index is 13.1. The summed E-state index contributed by atoms with van der Waals surface area (Å²) in [6.07, 6.45) is 7.11. The fourth-order valence-corrected chi connectivity index (χ4v) is 5.24. The van der Waals surface area contributed by atoms with E-state index in [-0.39, 0.29) is 11.8 Å². The number of likely N-dealkylation sites (tertiary alicyclic amines) is 2. The van der Waals surface area contributed by atoms with E-state index >= 15 is 0 Å². The highest BCUT2D eigenvalue weighted by molar-refractivity contribution is 5.95. The van der Waals surface area contributed by atoms with Crippen molar-refractivity contribution in [2.24, 2.45) is 5.92 Å². The highest BCUT2D eigenvalue weighted by atomic mass is 16.7. The third-order valence-electron chi connectivity index (χ3n) is 7.32. The molecule has 0 bridgehead atoms. The molecule has 6 heteroatoms. The zero-order valence-corrected chi connectivity index (χ0v) is 19.8. The standard InChI is InChI=1S/C28H33N3O3/c1-28(27(33)31-15-5-6-16-31)20-25(29-34-28)23-9-11-24(12-10-23)26(32)30-17-13-22(14-18-30)19-21-7-3-2-4-8-21/h2-4,7-12,20,22,29H,5-6,13-19H2,1H3. The second-order valence-electron chi connectivity index (χ2n) is 9.87. The molecule has 2 aromatic carbocycles. The molecule has 3 heterocycles. The van der Waals surface area contributed by atoms with E-state index in [1.807, 2.05) is 40.1 Å². The van der Waals surface area contributed by atoms with Gasteiger partial charge in [0.2, 0.25) is 0 Å². The van der Waals surface area contributed by atoms with Crippen LogP contribution in [0.25, 0.3) is 5.70 Å². The largest absolute Gasteiger partial charge is 0.340 e. The van der Waals surface area contributed by atoms with Gasteiger partial charge in [0.15, 0.2) is 5.60 Å². The smallest absolute Gasteiger partial charge is 0.261 e. The van der Waals surface area contributed by atoms with E-state index in [4.69, 9.17) is 4.84 Å². The lowest BCUT2D eigenvalue weighted by molar-refractivity contribution is -0.151. The van der Waals surface area contributed by atoms with Crippen LogP contribution in [0.2, 0.25) is 0 Å². The van der Waals surface area contributed by atoms with Gasteiger partial charge in [-0.1, -0.05) is 42.5 Å². The molecule has 1 atom stereocenters. The van der Waals surface area contributed by atoms with E-state index in [2.05, 4.69) is 35.8 Å². The summed E-state index contributed by atoms with van der Waals surface area (Å²) in [5, 5.41) is 0. The zero-order valence-electron chi connectivity index (χ0n) is 19.8. The molecule has 0 radical (unpaired) electrons. The van der Waals surface area contributed by atoms with Crippen LogP contribution in [0.4, 0.5) is 0 Å². The predicted octanol–water partition coefficient (Wildman–Crippen LogP) is 4.04. The first-order chi connectivity index (χ1) is 16.5. The van der Waals surface area contributed by atoms with Crippen molar-refractivity contribution < 1.29 is 14.4 Å². The molecule has 2 amide bonds. The second kappa shape index (κ2) is 9.63. The topological polar surface area (TPSA) is 61.9 Å². The monoisotopic (exact) mass is 459 g/mol. The molecule has 0 aromatic heterocycles. The Balaban J connectivity index is 1.18. The van der Waals surface area contributed by atoms with Gasteiger partial charge in [0.25, 0.3) is 11.8 Å². The molecule has 178 valence electrons. The van der Waals surface area contributed by atoms with Crippen LogP contribution in [0.15, 0.2) is 60.7 Å². The van der Waals surface area contributed by atoms with Gasteiger partial charge in [-0.3, -0.25) is 19.9 Å². The van der Waals surface area contributed by atoms with E-state index in [0.717, 1.165) is 69.5 Å². The highest BCUT2D eigenvalue weighted by Gasteiger charge is 2.41. The maximum absolute atomic E-state index is 13.1. The van der Waals surface area contributed by atoms with Crippen LogP contribution in [0.3, 0.4) is 0 Å². The fourth-order valence-electron chi connectivity index (χ4n) is 5.24. The summed E-state index contributed by atoms with van der Waals surface area (Å²) in [6, 6.07) is 18.2. The molecular weight excluding hydrogens is 426 g/mol. The van der Waals surface area contributed by atoms with Gasteiger partial charge in [-0.2, -0.15) is 0 Å². The third-order valence-corrected chi connectivity index (χ3v) is 7.32. The summed E-state index contributed by atoms with van der Waals surface area (Å²) in [7, 11) is 0. The lowest BCUT2D eigenvalue weighted by Gasteiger charge is -2.32. The Morgan fingerprint density at radius 3 is 2.29 bits per heavy atom. The summed E-state index contributed by atoms with van der Waals surface area (Å²) >= 11 is 0. The Bertz CT molecular complexity index is 1050. The number of hydrogen-bond acceptors (Lipinski definition) is 4.